The predicted molar refractivity (Wildman–Crippen MR) is 72.0 cm³/mol. The number of nitrogens with zero attached hydrogens (tertiary/aromatic N) is 2. The second-order valence-corrected chi connectivity index (χ2v) is 4.08. The summed E-state index contributed by atoms with van der Waals surface area (Å²) in [6.45, 7) is 0.171. The van der Waals surface area contributed by atoms with Gasteiger partial charge in [-0.3, -0.25) is 14.9 Å². The summed E-state index contributed by atoms with van der Waals surface area (Å²) in [4.78, 5) is 34.1. The average molecular weight is 281 g/mol. The number of hydrogen-bond acceptors (Lipinski definition) is 5. The molecule has 8 heteroatoms. The Morgan fingerprint density at radius 2 is 2.10 bits per heavy atom. The first kappa shape index (κ1) is 15.4. The Kier molecular flexibility index (Phi) is 5.01. The summed E-state index contributed by atoms with van der Waals surface area (Å²) in [7, 11) is 2.99. The second-order valence-electron chi connectivity index (χ2n) is 4.08. The van der Waals surface area contributed by atoms with E-state index in [1.165, 1.54) is 37.2 Å². The monoisotopic (exact) mass is 281 g/mol. The van der Waals surface area contributed by atoms with Crippen LogP contribution in [0.15, 0.2) is 18.2 Å². The molecule has 0 fully saturated rings. The zero-order valence-electron chi connectivity index (χ0n) is 11.1. The first-order valence-electron chi connectivity index (χ1n) is 5.81. The lowest BCUT2D eigenvalue weighted by molar-refractivity contribution is -0.384. The van der Waals surface area contributed by atoms with Gasteiger partial charge in [-0.1, -0.05) is 6.07 Å². The number of nitro benzene ring substituents is 1. The Morgan fingerprint density at radius 1 is 1.45 bits per heavy atom. The molecule has 0 aliphatic rings. The number of hydrogen-bond donors (Lipinski definition) is 2. The van der Waals surface area contributed by atoms with Crippen molar-refractivity contribution in [3.05, 3.63) is 33.9 Å². The van der Waals surface area contributed by atoms with Crippen molar-refractivity contribution in [3.63, 3.8) is 0 Å². The maximum absolute atomic E-state index is 11.2. The second kappa shape index (κ2) is 6.50. The number of nitro groups is 1. The molecule has 1 aromatic carbocycles. The van der Waals surface area contributed by atoms with E-state index in [-0.39, 0.29) is 35.8 Å². The summed E-state index contributed by atoms with van der Waals surface area (Å²) in [6, 6.07) is 3.84. The van der Waals surface area contributed by atoms with Crippen LogP contribution < -0.4 is 10.2 Å². The van der Waals surface area contributed by atoms with Gasteiger partial charge in [-0.25, -0.2) is 4.79 Å². The Morgan fingerprint density at radius 3 is 2.60 bits per heavy atom. The van der Waals surface area contributed by atoms with E-state index in [4.69, 9.17) is 5.11 Å². The molecule has 2 N–H and O–H groups in total. The van der Waals surface area contributed by atoms with Gasteiger partial charge in [0.2, 0.25) is 5.91 Å². The predicted octanol–water partition coefficient (Wildman–Crippen LogP) is 0.865. The Labute approximate surface area is 115 Å². The van der Waals surface area contributed by atoms with E-state index < -0.39 is 10.9 Å². The third-order valence-electron chi connectivity index (χ3n) is 2.78. The van der Waals surface area contributed by atoms with Crippen LogP contribution in [0.2, 0.25) is 0 Å². The van der Waals surface area contributed by atoms with Crippen LogP contribution in [0.3, 0.4) is 0 Å². The molecule has 1 amide bonds. The standard InChI is InChI=1S/C12H15N3O5/c1-13-10(16)6-7-14(2)11-8(12(17)18)4-3-5-9(11)15(19)20/h3-5H,6-7H2,1-2H3,(H,13,16)(H,17,18). The molecule has 0 radical (unpaired) electrons. The fourth-order valence-corrected chi connectivity index (χ4v) is 1.76. The van der Waals surface area contributed by atoms with Crippen molar-refractivity contribution in [2.45, 2.75) is 6.42 Å². The third-order valence-corrected chi connectivity index (χ3v) is 2.78. The van der Waals surface area contributed by atoms with Crippen LogP contribution in [0, 0.1) is 10.1 Å². The topological polar surface area (TPSA) is 113 Å². The van der Waals surface area contributed by atoms with Crippen molar-refractivity contribution >= 4 is 23.3 Å². The van der Waals surface area contributed by atoms with Crippen molar-refractivity contribution in [2.24, 2.45) is 0 Å². The lowest BCUT2D eigenvalue weighted by Gasteiger charge is -2.20. The fourth-order valence-electron chi connectivity index (χ4n) is 1.76. The van der Waals surface area contributed by atoms with E-state index in [0.717, 1.165) is 0 Å². The number of carboxylic acids is 1. The smallest absolute Gasteiger partial charge is 0.338 e. The number of rotatable bonds is 6. The van der Waals surface area contributed by atoms with Crippen molar-refractivity contribution in [2.75, 3.05) is 25.5 Å². The van der Waals surface area contributed by atoms with Gasteiger partial charge in [-0.2, -0.15) is 0 Å². The van der Waals surface area contributed by atoms with Crippen molar-refractivity contribution in [3.8, 4) is 0 Å². The van der Waals surface area contributed by atoms with Gasteiger partial charge in [0.25, 0.3) is 5.69 Å². The molecule has 0 aliphatic carbocycles. The van der Waals surface area contributed by atoms with Gasteiger partial charge in [0.1, 0.15) is 5.69 Å². The molecular weight excluding hydrogens is 266 g/mol. The molecule has 0 atom stereocenters. The average Bonchev–Trinajstić information content (AvgIpc) is 2.43. The van der Waals surface area contributed by atoms with E-state index in [0.29, 0.717) is 0 Å². The number of amides is 1. The molecule has 1 rings (SSSR count). The maximum Gasteiger partial charge on any atom is 0.338 e. The summed E-state index contributed by atoms with van der Waals surface area (Å²) < 4.78 is 0. The molecule has 0 spiro atoms. The summed E-state index contributed by atoms with van der Waals surface area (Å²) in [5.74, 6) is -1.48. The fraction of sp³-hybridized carbons (Fsp3) is 0.333. The van der Waals surface area contributed by atoms with E-state index >= 15 is 0 Å². The molecular formula is C12H15N3O5. The van der Waals surface area contributed by atoms with Gasteiger partial charge in [0.15, 0.2) is 0 Å². The highest BCUT2D eigenvalue weighted by atomic mass is 16.6. The highest BCUT2D eigenvalue weighted by Gasteiger charge is 2.24. The maximum atomic E-state index is 11.2. The first-order valence-corrected chi connectivity index (χ1v) is 5.81. The number of carbonyl (C=O) groups excluding carboxylic acids is 1. The highest BCUT2D eigenvalue weighted by Crippen LogP contribution is 2.31. The Bertz CT molecular complexity index is 512. The SMILES string of the molecule is CNC(=O)CCN(C)c1c(C(=O)O)cccc1[N+](=O)[O-]. The molecule has 1 aromatic rings. The largest absolute Gasteiger partial charge is 0.478 e. The molecule has 0 aliphatic heterocycles. The van der Waals surface area contributed by atoms with Crippen LogP contribution in [-0.4, -0.2) is 42.5 Å². The molecule has 0 saturated carbocycles. The van der Waals surface area contributed by atoms with Crippen LogP contribution in [0.25, 0.3) is 0 Å². The van der Waals surface area contributed by atoms with Crippen LogP contribution in [0.4, 0.5) is 11.4 Å². The van der Waals surface area contributed by atoms with Gasteiger partial charge in [0, 0.05) is 33.1 Å². The lowest BCUT2D eigenvalue weighted by Crippen LogP contribution is -2.28. The first-order chi connectivity index (χ1) is 9.38. The molecule has 0 saturated heterocycles. The molecule has 0 heterocycles. The summed E-state index contributed by atoms with van der Waals surface area (Å²) >= 11 is 0. The Balaban J connectivity index is 3.15. The van der Waals surface area contributed by atoms with Crippen LogP contribution in [0.5, 0.6) is 0 Å². The van der Waals surface area contributed by atoms with Crippen molar-refractivity contribution in [1.29, 1.82) is 0 Å². The minimum absolute atomic E-state index is 0.00565. The van der Waals surface area contributed by atoms with Gasteiger partial charge in [-0.15, -0.1) is 0 Å². The zero-order chi connectivity index (χ0) is 15.3. The number of aromatic carboxylic acids is 1. The van der Waals surface area contributed by atoms with Crippen molar-refractivity contribution < 1.29 is 19.6 Å². The minimum Gasteiger partial charge on any atom is -0.478 e. The van der Waals surface area contributed by atoms with Gasteiger partial charge in [0.05, 0.1) is 10.5 Å². The molecule has 0 unspecified atom stereocenters. The summed E-state index contributed by atoms with van der Waals surface area (Å²) in [5, 5.41) is 22.5. The molecule has 0 bridgehead atoms. The van der Waals surface area contributed by atoms with E-state index in [1.807, 2.05) is 0 Å². The van der Waals surface area contributed by atoms with Gasteiger partial charge in [-0.05, 0) is 6.07 Å². The summed E-state index contributed by atoms with van der Waals surface area (Å²) in [6.07, 6.45) is 0.109. The minimum atomic E-state index is -1.25. The summed E-state index contributed by atoms with van der Waals surface area (Å²) in [5.41, 5.74) is -0.475. The molecule has 20 heavy (non-hydrogen) atoms. The molecule has 0 aromatic heterocycles. The number of nitrogens with one attached hydrogen (secondary N) is 1. The van der Waals surface area contributed by atoms with Crippen LogP contribution >= 0.6 is 0 Å². The van der Waals surface area contributed by atoms with Crippen LogP contribution in [0.1, 0.15) is 16.8 Å². The Hall–Kier alpha value is -2.64. The molecule has 8 nitrogen and oxygen atoms in total. The van der Waals surface area contributed by atoms with Gasteiger partial charge >= 0.3 is 5.97 Å². The van der Waals surface area contributed by atoms with Crippen molar-refractivity contribution in [1.82, 2.24) is 5.32 Å². The zero-order valence-corrected chi connectivity index (χ0v) is 11.1. The lowest BCUT2D eigenvalue weighted by atomic mass is 10.1. The van der Waals surface area contributed by atoms with E-state index in [9.17, 15) is 19.7 Å². The number of carboxylic acid groups (broad SMARTS) is 1. The highest BCUT2D eigenvalue weighted by molar-refractivity contribution is 5.97. The number of benzene rings is 1. The quantitative estimate of drug-likeness (QED) is 0.590. The third kappa shape index (κ3) is 3.44. The number of carbonyl (C=O) groups is 2. The van der Waals surface area contributed by atoms with E-state index in [1.54, 1.807) is 0 Å². The normalized spacial score (nSPS) is 9.90. The van der Waals surface area contributed by atoms with Gasteiger partial charge < -0.3 is 15.3 Å². The number of para-hydroxylation sites is 1. The van der Waals surface area contributed by atoms with E-state index in [2.05, 4.69) is 5.32 Å². The molecule has 108 valence electrons. The van der Waals surface area contributed by atoms with Crippen LogP contribution in [-0.2, 0) is 4.79 Å². The number of anilines is 1.